The quantitative estimate of drug-likeness (QED) is 0.0420. The monoisotopic (exact) mass is 1480 g/mol. The molecule has 4 aromatic heterocycles. The van der Waals surface area contributed by atoms with Crippen molar-refractivity contribution < 1.29 is 19.3 Å². The van der Waals surface area contributed by atoms with Crippen LogP contribution in [-0.2, 0) is 9.47 Å². The molecule has 0 amide bonds. The molecule has 538 valence electrons. The Bertz CT molecular complexity index is 3810. The normalized spacial score (nSPS) is 18.8. The minimum Gasteiger partial charge on any atom is -0.492 e. The van der Waals surface area contributed by atoms with Crippen molar-refractivity contribution in [2.45, 2.75) is 214 Å². The summed E-state index contributed by atoms with van der Waals surface area (Å²) in [5, 5.41) is 34.3. The first-order valence-electron chi connectivity index (χ1n) is 36.2. The Kier molecular flexibility index (Phi) is 27.6. The van der Waals surface area contributed by atoms with Gasteiger partial charge in [-0.1, -0.05) is 114 Å². The summed E-state index contributed by atoms with van der Waals surface area (Å²) in [5.74, 6) is 3.56. The molecule has 2 saturated carbocycles. The van der Waals surface area contributed by atoms with E-state index in [4.69, 9.17) is 30.8 Å². The average Bonchev–Trinajstić information content (AvgIpc) is 1.23. The fraction of sp³-hybridized carbons (Fsp3) is 0.584. The van der Waals surface area contributed by atoms with Crippen LogP contribution in [0, 0.1) is 31.3 Å². The lowest BCUT2D eigenvalue weighted by Gasteiger charge is -2.45. The van der Waals surface area contributed by atoms with Crippen LogP contribution in [0.4, 0.5) is 11.9 Å². The first-order valence-corrected chi connectivity index (χ1v) is 38.6. The molecule has 0 spiro atoms. The number of anilines is 2. The maximum absolute atomic E-state index is 8.54. The number of nitrogens with two attached hydrogens (primary N) is 2. The van der Waals surface area contributed by atoms with Gasteiger partial charge in [-0.25, -0.2) is 9.97 Å². The number of hydrogen-bond acceptors (Lipinski definition) is 18. The van der Waals surface area contributed by atoms with Crippen LogP contribution >= 0.6 is 30.5 Å². The molecule has 2 saturated heterocycles. The molecule has 0 bridgehead atoms. The van der Waals surface area contributed by atoms with E-state index >= 15 is 0 Å². The summed E-state index contributed by atoms with van der Waals surface area (Å²) in [4.78, 5) is 22.7. The first kappa shape index (κ1) is 77.3. The van der Waals surface area contributed by atoms with Crippen molar-refractivity contribution in [2.75, 3.05) is 89.5 Å². The molecule has 0 atom stereocenters. The van der Waals surface area contributed by atoms with Gasteiger partial charge < -0.3 is 41.4 Å². The number of halogens is 1. The van der Waals surface area contributed by atoms with Crippen LogP contribution in [0.1, 0.15) is 191 Å². The second-order valence-electron chi connectivity index (χ2n) is 30.2. The van der Waals surface area contributed by atoms with Crippen molar-refractivity contribution in [1.29, 1.82) is 0 Å². The van der Waals surface area contributed by atoms with Crippen LogP contribution < -0.4 is 32.1 Å². The van der Waals surface area contributed by atoms with Gasteiger partial charge in [-0.15, -0.1) is 10.2 Å². The van der Waals surface area contributed by atoms with Crippen molar-refractivity contribution in [3.8, 4) is 28.3 Å². The highest BCUT2D eigenvalue weighted by atomic mass is 127. The van der Waals surface area contributed by atoms with E-state index in [-0.39, 0.29) is 16.9 Å². The van der Waals surface area contributed by atoms with Gasteiger partial charge in [0.2, 0.25) is 11.9 Å². The minimum absolute atomic E-state index is 0.217. The van der Waals surface area contributed by atoms with Crippen LogP contribution in [0.3, 0.4) is 0 Å². The molecule has 99 heavy (non-hydrogen) atoms. The van der Waals surface area contributed by atoms with Crippen LogP contribution in [0.15, 0.2) is 73.1 Å². The number of ether oxygens (including phenoxy) is 3. The summed E-state index contributed by atoms with van der Waals surface area (Å²) in [6.45, 7) is 48.2. The zero-order chi connectivity index (χ0) is 71.3. The predicted octanol–water partition coefficient (Wildman–Crippen LogP) is 14.1. The summed E-state index contributed by atoms with van der Waals surface area (Å²) >= 11 is 2.28. The molecule has 22 heteroatoms. The van der Waals surface area contributed by atoms with E-state index in [1.54, 1.807) is 32.6 Å². The van der Waals surface area contributed by atoms with Crippen molar-refractivity contribution in [1.82, 2.24) is 59.7 Å². The van der Waals surface area contributed by atoms with Crippen molar-refractivity contribution >= 4 is 70.0 Å². The molecule has 0 radical (unpaired) electrons. The summed E-state index contributed by atoms with van der Waals surface area (Å²) in [6.07, 6.45) is 11.8. The third-order valence-corrected chi connectivity index (χ3v) is 24.1. The fourth-order valence-electron chi connectivity index (χ4n) is 14.0. The Morgan fingerprint density at radius 1 is 0.576 bits per heavy atom. The Labute approximate surface area is 604 Å². The van der Waals surface area contributed by atoms with Gasteiger partial charge in [0.25, 0.3) is 0 Å². The Morgan fingerprint density at radius 2 is 1.00 bits per heavy atom. The molecule has 4 aliphatic rings. The highest BCUT2D eigenvalue weighted by Gasteiger charge is 2.40. The van der Waals surface area contributed by atoms with E-state index in [0.717, 1.165) is 134 Å². The number of aliphatic hydroxyl groups is 1. The highest BCUT2D eigenvalue weighted by molar-refractivity contribution is 14.1. The number of fused-ring (bicyclic) bond motifs is 2. The molecular formula is C77H114IN16O4P. The van der Waals surface area contributed by atoms with Crippen LogP contribution in [-0.4, -0.2) is 178 Å². The van der Waals surface area contributed by atoms with Crippen molar-refractivity contribution in [3.05, 3.63) is 116 Å². The molecule has 2 aliphatic carbocycles. The van der Waals surface area contributed by atoms with Crippen molar-refractivity contribution in [3.63, 3.8) is 0 Å². The van der Waals surface area contributed by atoms with Crippen LogP contribution in [0.25, 0.3) is 44.8 Å². The second-order valence-corrected chi connectivity index (χ2v) is 35.3. The van der Waals surface area contributed by atoms with Gasteiger partial charge >= 0.3 is 0 Å². The number of rotatable bonds is 17. The van der Waals surface area contributed by atoms with Crippen LogP contribution in [0.5, 0.6) is 5.75 Å². The molecule has 2 aliphatic heterocycles. The minimum atomic E-state index is -0.431. The van der Waals surface area contributed by atoms with E-state index in [1.165, 1.54) is 48.1 Å². The maximum atomic E-state index is 8.54. The van der Waals surface area contributed by atoms with Crippen LogP contribution in [0.2, 0.25) is 0 Å². The third kappa shape index (κ3) is 20.5. The molecule has 20 nitrogen and oxygen atoms in total. The molecular weight excluding hydrogens is 1370 g/mol. The Morgan fingerprint density at radius 3 is 1.41 bits per heavy atom. The molecule has 6 heterocycles. The van der Waals surface area contributed by atoms with Crippen molar-refractivity contribution in [2.24, 2.45) is 11.5 Å². The van der Waals surface area contributed by atoms with E-state index in [0.29, 0.717) is 82.8 Å². The molecule has 4 aromatic carbocycles. The number of aromatic nitrogens is 10. The first-order chi connectivity index (χ1) is 47.2. The molecule has 0 unspecified atom stereocenters. The zero-order valence-corrected chi connectivity index (χ0v) is 65.2. The highest BCUT2D eigenvalue weighted by Crippen LogP contribution is 2.61. The zero-order valence-electron chi connectivity index (χ0n) is 62.1. The van der Waals surface area contributed by atoms with E-state index in [2.05, 4.69) is 206 Å². The number of hydrogen-bond donors (Lipinski definition) is 5. The standard InChI is InChI=1S/C33H53P.C22H30N8O2.C16H18IN7.C6H13NO2/c1-19(2)26-17-27(20(3)4)30(28(18-26)21(5)6)29-24(9)22(7)23(8)25(10)31(29)34(32(11,12)13)33(14,15)16;23-16-1-3-17(4-2-16)25-22-24-15-20-21(26-22)30(28-27-20)18-5-7-19(8-6-18)32-14-11-29-9-12-31-13-10-29;17-10-1-7-13(8-2-10)24-15-14(22-23-24)9-19-16(21-15)20-12-5-3-11(18)4-6-12;8-4-1-7-2-5-9-6-3-7/h17-21H,1-16H3;5-8,15-17H,1-4,9-14,23H2,(H,24,25,26);1-2,7-9,11-12H,3-6,18H2,(H,19,20,21);8H,1-6H2. The molecule has 7 N–H and O–H groups in total. The number of nitrogens with one attached hydrogen (secondary N) is 2. The number of aliphatic hydroxyl groups excluding tert-OH is 1. The fourth-order valence-corrected chi connectivity index (χ4v) is 18.7. The van der Waals surface area contributed by atoms with Gasteiger partial charge in [-0.2, -0.15) is 19.3 Å². The van der Waals surface area contributed by atoms with Gasteiger partial charge in [0.1, 0.15) is 12.4 Å². The summed E-state index contributed by atoms with van der Waals surface area (Å²) in [6, 6.07) is 22.4. The third-order valence-electron chi connectivity index (χ3n) is 19.6. The predicted molar refractivity (Wildman–Crippen MR) is 416 cm³/mol. The largest absolute Gasteiger partial charge is 0.492 e. The Balaban J connectivity index is 0.000000164. The summed E-state index contributed by atoms with van der Waals surface area (Å²) < 4.78 is 21.1. The average molecular weight is 1490 g/mol. The van der Waals surface area contributed by atoms with Gasteiger partial charge in [-0.05, 0) is 234 Å². The van der Waals surface area contributed by atoms with E-state index in [1.807, 2.05) is 48.5 Å². The number of morpholine rings is 2. The van der Waals surface area contributed by atoms with Gasteiger partial charge in [-0.3, -0.25) is 9.80 Å². The Hall–Kier alpha value is -5.88. The smallest absolute Gasteiger partial charge is 0.225 e. The van der Waals surface area contributed by atoms with E-state index in [9.17, 15) is 0 Å². The van der Waals surface area contributed by atoms with Gasteiger partial charge in [0, 0.05) is 67.0 Å². The summed E-state index contributed by atoms with van der Waals surface area (Å²) in [5.41, 5.74) is 30.1. The van der Waals surface area contributed by atoms with Gasteiger partial charge in [0.05, 0.1) is 56.8 Å². The lowest BCUT2D eigenvalue weighted by Crippen LogP contribution is -2.38. The number of nitrogens with zero attached hydrogens (tertiary/aromatic N) is 12. The SMILES string of the molecule is Cc1c(C)c(C)c(P(C(C)(C)C)C(C)(C)C)c(-c2c(C(C)C)cc(C(C)C)cc2C(C)C)c1C.NC1CCC(Nc2ncc3nnn(-c4ccc(I)cc4)c3n2)CC1.NC1CCC(Nc2ncc3nnn(-c4ccc(OCCN5CCOCC5)cc4)c3n2)CC1.OCCN1CCOCC1. The maximum Gasteiger partial charge on any atom is 0.225 e. The summed E-state index contributed by atoms with van der Waals surface area (Å²) in [7, 11) is -0.431. The lowest BCUT2D eigenvalue weighted by atomic mass is 9.79. The molecule has 8 aromatic rings. The van der Waals surface area contributed by atoms with E-state index < -0.39 is 7.92 Å². The number of benzene rings is 4. The topological polar surface area (TPSA) is 243 Å². The number of β-amino-alcohol motifs (C(OH)–C–C–N with tert-alkyl or cyclic N) is 1. The lowest BCUT2D eigenvalue weighted by molar-refractivity contribution is 0.0306. The van der Waals surface area contributed by atoms with Gasteiger partial charge in [0.15, 0.2) is 22.3 Å². The second kappa shape index (κ2) is 35.3. The molecule has 4 fully saturated rings. The molecule has 12 rings (SSSR count).